The topological polar surface area (TPSA) is 35.6 Å². The molecule has 1 fully saturated rings. The summed E-state index contributed by atoms with van der Waals surface area (Å²) in [5.41, 5.74) is 0.367. The van der Waals surface area contributed by atoms with E-state index in [1.54, 1.807) is 4.90 Å². The maximum atomic E-state index is 11.7. The summed E-state index contributed by atoms with van der Waals surface area (Å²) in [7, 11) is 3.65. The zero-order valence-electron chi connectivity index (χ0n) is 14.2. The number of nitrogens with zero attached hydrogens (tertiary/aromatic N) is 2. The summed E-state index contributed by atoms with van der Waals surface area (Å²) in [4.78, 5) is 15.6. The monoisotopic (exact) mass is 283 g/mol. The third-order valence-electron chi connectivity index (χ3n) is 4.64. The van der Waals surface area contributed by atoms with Gasteiger partial charge in [-0.2, -0.15) is 0 Å². The van der Waals surface area contributed by atoms with Crippen molar-refractivity contribution >= 4 is 5.91 Å². The molecule has 4 heteroatoms. The molecule has 118 valence electrons. The maximum absolute atomic E-state index is 11.7. The Labute approximate surface area is 124 Å². The van der Waals surface area contributed by atoms with Crippen LogP contribution in [0.3, 0.4) is 0 Å². The lowest BCUT2D eigenvalue weighted by Gasteiger charge is -2.34. The predicted molar refractivity (Wildman–Crippen MR) is 84.8 cm³/mol. The van der Waals surface area contributed by atoms with Crippen LogP contribution in [-0.4, -0.2) is 62.0 Å². The molecule has 0 radical (unpaired) electrons. The Morgan fingerprint density at radius 3 is 2.30 bits per heavy atom. The number of hydrogen-bond donors (Lipinski definition) is 1. The van der Waals surface area contributed by atoms with Gasteiger partial charge in [0.25, 0.3) is 0 Å². The van der Waals surface area contributed by atoms with Crippen LogP contribution in [0.2, 0.25) is 0 Å². The van der Waals surface area contributed by atoms with Crippen LogP contribution in [0.1, 0.15) is 40.5 Å². The van der Waals surface area contributed by atoms with Gasteiger partial charge < -0.3 is 10.2 Å². The summed E-state index contributed by atoms with van der Waals surface area (Å²) < 4.78 is 0. The van der Waals surface area contributed by atoms with E-state index < -0.39 is 0 Å². The first-order valence-electron chi connectivity index (χ1n) is 7.86. The zero-order valence-corrected chi connectivity index (χ0v) is 14.2. The summed E-state index contributed by atoms with van der Waals surface area (Å²) in [5.74, 6) is 0.883. The van der Waals surface area contributed by atoms with Crippen LogP contribution < -0.4 is 5.32 Å². The number of carbonyl (C=O) groups excluding carboxylic acids is 1. The highest BCUT2D eigenvalue weighted by Crippen LogP contribution is 2.24. The van der Waals surface area contributed by atoms with Gasteiger partial charge in [-0.05, 0) is 30.7 Å². The second kappa shape index (κ2) is 7.41. The number of piperidine rings is 1. The average Bonchev–Trinajstić information content (AvgIpc) is 2.36. The summed E-state index contributed by atoms with van der Waals surface area (Å²) >= 11 is 0. The Morgan fingerprint density at radius 2 is 1.85 bits per heavy atom. The Bertz CT molecular complexity index is 301. The molecular formula is C16H33N3O. The lowest BCUT2D eigenvalue weighted by Crippen LogP contribution is -2.47. The minimum Gasteiger partial charge on any atom is -0.348 e. The molecule has 20 heavy (non-hydrogen) atoms. The Kier molecular flexibility index (Phi) is 6.46. The van der Waals surface area contributed by atoms with Gasteiger partial charge in [-0.3, -0.25) is 9.69 Å². The number of amides is 1. The first-order valence-corrected chi connectivity index (χ1v) is 7.86. The fourth-order valence-electron chi connectivity index (χ4n) is 2.28. The standard InChI is InChI=1S/C16H33N3O/c1-13(16(2,3)4)11-17-14-7-9-19(10-8-14)12-15(20)18(5)6/h13-14,17H,7-12H2,1-6H3. The van der Waals surface area contributed by atoms with E-state index in [-0.39, 0.29) is 5.91 Å². The molecule has 1 saturated heterocycles. The van der Waals surface area contributed by atoms with Crippen LogP contribution in [0, 0.1) is 11.3 Å². The van der Waals surface area contributed by atoms with Crippen LogP contribution in [0.4, 0.5) is 0 Å². The van der Waals surface area contributed by atoms with Crippen molar-refractivity contribution in [3.05, 3.63) is 0 Å². The molecule has 1 heterocycles. The van der Waals surface area contributed by atoms with Gasteiger partial charge >= 0.3 is 0 Å². The van der Waals surface area contributed by atoms with Crippen LogP contribution >= 0.6 is 0 Å². The SMILES string of the molecule is CC(CNC1CCN(CC(=O)N(C)C)CC1)C(C)(C)C. The lowest BCUT2D eigenvalue weighted by atomic mass is 9.82. The molecule has 0 bridgehead atoms. The van der Waals surface area contributed by atoms with Crippen LogP contribution in [0.5, 0.6) is 0 Å². The Morgan fingerprint density at radius 1 is 1.30 bits per heavy atom. The van der Waals surface area contributed by atoms with Gasteiger partial charge in [-0.15, -0.1) is 0 Å². The van der Waals surface area contributed by atoms with Gasteiger partial charge in [0.15, 0.2) is 0 Å². The van der Waals surface area contributed by atoms with Gasteiger partial charge in [-0.1, -0.05) is 27.7 Å². The van der Waals surface area contributed by atoms with E-state index in [9.17, 15) is 4.79 Å². The van der Waals surface area contributed by atoms with Crippen LogP contribution in [-0.2, 0) is 4.79 Å². The summed E-state index contributed by atoms with van der Waals surface area (Å²) in [6.07, 6.45) is 2.30. The molecule has 0 aromatic carbocycles. The van der Waals surface area contributed by atoms with Crippen molar-refractivity contribution in [2.24, 2.45) is 11.3 Å². The molecule has 0 aromatic heterocycles. The van der Waals surface area contributed by atoms with E-state index in [1.807, 2.05) is 14.1 Å². The first-order chi connectivity index (χ1) is 9.20. The number of likely N-dealkylation sites (tertiary alicyclic amines) is 1. The van der Waals surface area contributed by atoms with Gasteiger partial charge in [0.1, 0.15) is 0 Å². The van der Waals surface area contributed by atoms with Crippen molar-refractivity contribution in [1.29, 1.82) is 0 Å². The normalized spacial score (nSPS) is 19.9. The molecule has 0 aromatic rings. The maximum Gasteiger partial charge on any atom is 0.236 e. The van der Waals surface area contributed by atoms with Gasteiger partial charge in [0.05, 0.1) is 6.54 Å². The first kappa shape index (κ1) is 17.4. The van der Waals surface area contributed by atoms with Crippen LogP contribution in [0.15, 0.2) is 0 Å². The minimum absolute atomic E-state index is 0.206. The number of carbonyl (C=O) groups is 1. The molecule has 0 saturated carbocycles. The Balaban J connectivity index is 2.24. The molecule has 0 aliphatic carbocycles. The van der Waals surface area contributed by atoms with E-state index in [2.05, 4.69) is 37.9 Å². The number of hydrogen-bond acceptors (Lipinski definition) is 3. The van der Waals surface area contributed by atoms with Crippen molar-refractivity contribution in [2.75, 3.05) is 40.3 Å². The zero-order chi connectivity index (χ0) is 15.3. The largest absolute Gasteiger partial charge is 0.348 e. The summed E-state index contributed by atoms with van der Waals surface area (Å²) in [5, 5.41) is 3.70. The fraction of sp³-hybridized carbons (Fsp3) is 0.938. The molecule has 1 unspecified atom stereocenters. The third kappa shape index (κ3) is 5.80. The molecule has 4 nitrogen and oxygen atoms in total. The molecule has 1 rings (SSSR count). The van der Waals surface area contributed by atoms with E-state index in [0.29, 0.717) is 23.9 Å². The summed E-state index contributed by atoms with van der Waals surface area (Å²) in [6.45, 7) is 12.9. The highest BCUT2D eigenvalue weighted by Gasteiger charge is 2.24. The molecule has 1 atom stereocenters. The van der Waals surface area contributed by atoms with Crippen molar-refractivity contribution in [1.82, 2.24) is 15.1 Å². The van der Waals surface area contributed by atoms with Gasteiger partial charge in [0, 0.05) is 33.2 Å². The van der Waals surface area contributed by atoms with E-state index in [0.717, 1.165) is 32.5 Å². The smallest absolute Gasteiger partial charge is 0.236 e. The van der Waals surface area contributed by atoms with E-state index in [1.165, 1.54) is 0 Å². The molecule has 1 N–H and O–H groups in total. The number of rotatable bonds is 5. The molecule has 0 spiro atoms. The van der Waals surface area contributed by atoms with Gasteiger partial charge in [0.2, 0.25) is 5.91 Å². The van der Waals surface area contributed by atoms with Crippen molar-refractivity contribution < 1.29 is 4.79 Å². The minimum atomic E-state index is 0.206. The van der Waals surface area contributed by atoms with Crippen molar-refractivity contribution in [3.63, 3.8) is 0 Å². The average molecular weight is 283 g/mol. The van der Waals surface area contributed by atoms with E-state index >= 15 is 0 Å². The fourth-order valence-corrected chi connectivity index (χ4v) is 2.28. The Hall–Kier alpha value is -0.610. The number of nitrogens with one attached hydrogen (secondary N) is 1. The van der Waals surface area contributed by atoms with Crippen molar-refractivity contribution in [2.45, 2.75) is 46.6 Å². The molecule has 1 amide bonds. The predicted octanol–water partition coefficient (Wildman–Crippen LogP) is 1.81. The highest BCUT2D eigenvalue weighted by atomic mass is 16.2. The third-order valence-corrected chi connectivity index (χ3v) is 4.64. The van der Waals surface area contributed by atoms with Gasteiger partial charge in [-0.25, -0.2) is 0 Å². The number of likely N-dealkylation sites (N-methyl/N-ethyl adjacent to an activating group) is 1. The highest BCUT2D eigenvalue weighted by molar-refractivity contribution is 5.77. The molecule has 1 aliphatic rings. The lowest BCUT2D eigenvalue weighted by molar-refractivity contribution is -0.130. The molecular weight excluding hydrogens is 250 g/mol. The van der Waals surface area contributed by atoms with E-state index in [4.69, 9.17) is 0 Å². The van der Waals surface area contributed by atoms with Crippen LogP contribution in [0.25, 0.3) is 0 Å². The second-order valence-electron chi connectivity index (χ2n) is 7.51. The van der Waals surface area contributed by atoms with Crippen molar-refractivity contribution in [3.8, 4) is 0 Å². The quantitative estimate of drug-likeness (QED) is 0.836. The summed E-state index contributed by atoms with van der Waals surface area (Å²) in [6, 6.07) is 0.616. The molecule has 1 aliphatic heterocycles. The second-order valence-corrected chi connectivity index (χ2v) is 7.51.